The molecule has 2 heterocycles. The van der Waals surface area contributed by atoms with Crippen molar-refractivity contribution in [2.45, 2.75) is 43.8 Å². The first-order valence-corrected chi connectivity index (χ1v) is 8.96. The van der Waals surface area contributed by atoms with E-state index in [1.54, 1.807) is 29.2 Å². The molecule has 2 saturated heterocycles. The second-order valence-electron chi connectivity index (χ2n) is 7.49. The number of hydrogen-bond donors (Lipinski definition) is 2. The van der Waals surface area contributed by atoms with E-state index in [1.165, 1.54) is 0 Å². The van der Waals surface area contributed by atoms with Crippen molar-refractivity contribution in [3.8, 4) is 5.75 Å². The predicted octanol–water partition coefficient (Wildman–Crippen LogP) is 1.09. The average Bonchev–Trinajstić information content (AvgIpc) is 2.59. The van der Waals surface area contributed by atoms with Crippen LogP contribution in [0.3, 0.4) is 0 Å². The molecular formula is C19H26N2O5. The Bertz CT molecular complexity index is 680. The quantitative estimate of drug-likeness (QED) is 0.835. The zero-order chi connectivity index (χ0) is 18.8. The highest BCUT2D eigenvalue weighted by Crippen LogP contribution is 2.39. The highest BCUT2D eigenvalue weighted by molar-refractivity contribution is 5.95. The highest BCUT2D eigenvalue weighted by atomic mass is 16.5. The van der Waals surface area contributed by atoms with Gasteiger partial charge in [-0.2, -0.15) is 0 Å². The number of carbonyl (C=O) groups excluding carboxylic acids is 2. The summed E-state index contributed by atoms with van der Waals surface area (Å²) in [4.78, 5) is 25.6. The minimum atomic E-state index is -0.702. The molecule has 3 N–H and O–H groups in total. The first-order chi connectivity index (χ1) is 12.3. The van der Waals surface area contributed by atoms with Crippen LogP contribution in [0.25, 0.3) is 0 Å². The monoisotopic (exact) mass is 362 g/mol. The summed E-state index contributed by atoms with van der Waals surface area (Å²) < 4.78 is 11.5. The Labute approximate surface area is 153 Å². The summed E-state index contributed by atoms with van der Waals surface area (Å²) in [6.45, 7) is 3.38. The first kappa shape index (κ1) is 18.7. The van der Waals surface area contributed by atoms with Gasteiger partial charge in [-0.15, -0.1) is 0 Å². The predicted molar refractivity (Wildman–Crippen MR) is 94.8 cm³/mol. The van der Waals surface area contributed by atoms with Crippen molar-refractivity contribution in [3.05, 3.63) is 29.8 Å². The summed E-state index contributed by atoms with van der Waals surface area (Å²) in [5.41, 5.74) is 4.54. The molecule has 1 aromatic carbocycles. The van der Waals surface area contributed by atoms with E-state index in [9.17, 15) is 14.7 Å². The molecule has 2 aliphatic rings. The third kappa shape index (κ3) is 4.16. The Balaban J connectivity index is 1.54. The van der Waals surface area contributed by atoms with Crippen LogP contribution in [0.5, 0.6) is 5.75 Å². The fourth-order valence-corrected chi connectivity index (χ4v) is 3.83. The molecule has 3 rings (SSSR count). The number of benzene rings is 1. The van der Waals surface area contributed by atoms with Crippen molar-refractivity contribution in [1.29, 1.82) is 0 Å². The molecular weight excluding hydrogens is 336 g/mol. The van der Waals surface area contributed by atoms with Gasteiger partial charge in [-0.25, -0.2) is 0 Å². The fraction of sp³-hybridized carbons (Fsp3) is 0.579. The lowest BCUT2D eigenvalue weighted by Crippen LogP contribution is -2.54. The van der Waals surface area contributed by atoms with Gasteiger partial charge in [0.1, 0.15) is 5.75 Å². The Morgan fingerprint density at radius 1 is 1.27 bits per heavy atom. The van der Waals surface area contributed by atoms with Gasteiger partial charge < -0.3 is 25.2 Å². The van der Waals surface area contributed by atoms with Crippen molar-refractivity contribution in [2.75, 3.05) is 26.3 Å². The topological polar surface area (TPSA) is 102 Å². The van der Waals surface area contributed by atoms with Crippen LogP contribution >= 0.6 is 0 Å². The van der Waals surface area contributed by atoms with Crippen molar-refractivity contribution in [1.82, 2.24) is 4.90 Å². The number of amides is 2. The summed E-state index contributed by atoms with van der Waals surface area (Å²) in [6.07, 6.45) is 2.65. The van der Waals surface area contributed by atoms with E-state index in [0.717, 1.165) is 0 Å². The maximum Gasteiger partial charge on any atom is 0.260 e. The van der Waals surface area contributed by atoms with Crippen LogP contribution in [0, 0.1) is 0 Å². The molecule has 7 nitrogen and oxygen atoms in total. The van der Waals surface area contributed by atoms with Crippen molar-refractivity contribution >= 4 is 11.8 Å². The molecule has 7 heteroatoms. The number of hydrogen-bond acceptors (Lipinski definition) is 5. The minimum absolute atomic E-state index is 0.137. The number of primary amides is 1. The van der Waals surface area contributed by atoms with E-state index in [0.29, 0.717) is 51.1 Å². The van der Waals surface area contributed by atoms with Gasteiger partial charge >= 0.3 is 0 Å². The molecule has 2 aliphatic heterocycles. The van der Waals surface area contributed by atoms with Crippen molar-refractivity contribution < 1.29 is 24.2 Å². The third-order valence-electron chi connectivity index (χ3n) is 5.28. The van der Waals surface area contributed by atoms with Gasteiger partial charge in [0.05, 0.1) is 23.4 Å². The molecule has 1 unspecified atom stereocenters. The molecule has 1 atom stereocenters. The molecule has 0 bridgehead atoms. The molecule has 0 aromatic heterocycles. The lowest BCUT2D eigenvalue weighted by atomic mass is 9.78. The zero-order valence-electron chi connectivity index (χ0n) is 15.1. The standard InChI is InChI=1S/C19H26N2O5/c1-18(24)8-11-26-19(13-18)6-9-21(10-7-19)16(22)12-25-15-5-3-2-4-14(15)17(20)23/h2-5,24H,6-13H2,1H3,(H2,20,23). The Hall–Kier alpha value is -2.12. The lowest BCUT2D eigenvalue weighted by molar-refractivity contribution is -0.175. The zero-order valence-corrected chi connectivity index (χ0v) is 15.1. The minimum Gasteiger partial charge on any atom is -0.483 e. The van der Waals surface area contributed by atoms with Gasteiger partial charge in [0.25, 0.3) is 11.8 Å². The summed E-state index contributed by atoms with van der Waals surface area (Å²) in [7, 11) is 0. The van der Waals surface area contributed by atoms with Crippen LogP contribution in [0.1, 0.15) is 43.0 Å². The van der Waals surface area contributed by atoms with Gasteiger partial charge in [0.15, 0.2) is 6.61 Å². The van der Waals surface area contributed by atoms with E-state index in [-0.39, 0.29) is 23.7 Å². The summed E-state index contributed by atoms with van der Waals surface area (Å²) in [5, 5.41) is 10.3. The first-order valence-electron chi connectivity index (χ1n) is 8.96. The number of nitrogens with two attached hydrogens (primary N) is 1. The van der Waals surface area contributed by atoms with Crippen LogP contribution in [-0.2, 0) is 9.53 Å². The van der Waals surface area contributed by atoms with Gasteiger partial charge in [0.2, 0.25) is 0 Å². The summed E-state index contributed by atoms with van der Waals surface area (Å²) in [5.74, 6) is -0.412. The van der Waals surface area contributed by atoms with Crippen LogP contribution < -0.4 is 10.5 Å². The number of nitrogens with zero attached hydrogens (tertiary/aromatic N) is 1. The number of ether oxygens (including phenoxy) is 2. The molecule has 2 fully saturated rings. The second-order valence-corrected chi connectivity index (χ2v) is 7.49. The van der Waals surface area contributed by atoms with E-state index >= 15 is 0 Å². The second kappa shape index (κ2) is 7.25. The molecule has 1 aromatic rings. The van der Waals surface area contributed by atoms with Gasteiger partial charge in [-0.05, 0) is 38.3 Å². The number of para-hydroxylation sites is 1. The molecule has 0 radical (unpaired) electrons. The van der Waals surface area contributed by atoms with Crippen LogP contribution in [0.4, 0.5) is 0 Å². The molecule has 1 spiro atoms. The maximum atomic E-state index is 12.4. The van der Waals surface area contributed by atoms with Crippen LogP contribution in [-0.4, -0.2) is 59.3 Å². The number of likely N-dealkylation sites (tertiary alicyclic amines) is 1. The molecule has 0 aliphatic carbocycles. The van der Waals surface area contributed by atoms with E-state index < -0.39 is 11.5 Å². The number of rotatable bonds is 4. The van der Waals surface area contributed by atoms with Crippen molar-refractivity contribution in [2.24, 2.45) is 5.73 Å². The summed E-state index contributed by atoms with van der Waals surface area (Å²) in [6, 6.07) is 6.61. The summed E-state index contributed by atoms with van der Waals surface area (Å²) >= 11 is 0. The fourth-order valence-electron chi connectivity index (χ4n) is 3.83. The van der Waals surface area contributed by atoms with E-state index in [2.05, 4.69) is 0 Å². The smallest absolute Gasteiger partial charge is 0.260 e. The molecule has 2 amide bonds. The number of carbonyl (C=O) groups is 2. The van der Waals surface area contributed by atoms with Gasteiger partial charge in [-0.1, -0.05) is 12.1 Å². The van der Waals surface area contributed by atoms with Gasteiger partial charge in [-0.3, -0.25) is 9.59 Å². The third-order valence-corrected chi connectivity index (χ3v) is 5.28. The molecule has 142 valence electrons. The Morgan fingerprint density at radius 2 is 1.96 bits per heavy atom. The molecule has 0 saturated carbocycles. The lowest BCUT2D eigenvalue weighted by Gasteiger charge is -2.48. The van der Waals surface area contributed by atoms with Crippen molar-refractivity contribution in [3.63, 3.8) is 0 Å². The maximum absolute atomic E-state index is 12.4. The number of aliphatic hydroxyl groups is 1. The van der Waals surface area contributed by atoms with Gasteiger partial charge in [0, 0.05) is 19.5 Å². The SMILES string of the molecule is CC1(O)CCOC2(CCN(C(=O)COc3ccccc3C(N)=O)CC2)C1. The highest BCUT2D eigenvalue weighted by Gasteiger charge is 2.44. The largest absolute Gasteiger partial charge is 0.483 e. The molecule has 26 heavy (non-hydrogen) atoms. The van der Waals surface area contributed by atoms with Crippen LogP contribution in [0.2, 0.25) is 0 Å². The number of piperidine rings is 1. The van der Waals surface area contributed by atoms with E-state index in [1.807, 2.05) is 6.92 Å². The van der Waals surface area contributed by atoms with Crippen LogP contribution in [0.15, 0.2) is 24.3 Å². The normalized spacial score (nSPS) is 25.1. The Kier molecular flexibility index (Phi) is 5.20. The average molecular weight is 362 g/mol. The van der Waals surface area contributed by atoms with E-state index in [4.69, 9.17) is 15.2 Å². The Morgan fingerprint density at radius 3 is 2.62 bits per heavy atom.